The maximum atomic E-state index is 13.6. The number of nitrogens with zero attached hydrogens (tertiary/aromatic N) is 3. The fraction of sp³-hybridized carbons (Fsp3) is 0.320. The second-order valence-electron chi connectivity index (χ2n) is 8.40. The van der Waals surface area contributed by atoms with Gasteiger partial charge in [0.15, 0.2) is 5.13 Å². The number of alkyl halides is 3. The number of para-hydroxylation sites is 2. The molecular weight excluding hydrogens is 495 g/mol. The van der Waals surface area contributed by atoms with E-state index in [1.165, 1.54) is 23.1 Å². The van der Waals surface area contributed by atoms with Crippen LogP contribution in [0.4, 0.5) is 18.3 Å². The van der Waals surface area contributed by atoms with Crippen LogP contribution < -0.4 is 10.5 Å². The SMILES string of the molecule is O=C(c1cc2ccccc2oc1=O)N(CCCN1CCOCC1)c1nc2c(C(F)(F)F)cccc2s1. The summed E-state index contributed by atoms with van der Waals surface area (Å²) in [7, 11) is 0. The number of thiazole rings is 1. The molecule has 1 aliphatic rings. The molecule has 0 atom stereocenters. The fourth-order valence-corrected chi connectivity index (χ4v) is 5.22. The Bertz CT molecular complexity index is 1460. The van der Waals surface area contributed by atoms with Gasteiger partial charge in [-0.15, -0.1) is 0 Å². The summed E-state index contributed by atoms with van der Waals surface area (Å²) in [5.41, 5.74) is -1.76. The van der Waals surface area contributed by atoms with E-state index in [9.17, 15) is 22.8 Å². The zero-order chi connectivity index (χ0) is 25.3. The number of halogens is 3. The van der Waals surface area contributed by atoms with Gasteiger partial charge >= 0.3 is 11.8 Å². The van der Waals surface area contributed by atoms with Crippen molar-refractivity contribution in [1.82, 2.24) is 9.88 Å². The van der Waals surface area contributed by atoms with Crippen molar-refractivity contribution >= 4 is 43.6 Å². The van der Waals surface area contributed by atoms with Gasteiger partial charge in [-0.2, -0.15) is 13.2 Å². The van der Waals surface area contributed by atoms with Crippen LogP contribution in [0.5, 0.6) is 0 Å². The number of fused-ring (bicyclic) bond motifs is 2. The van der Waals surface area contributed by atoms with E-state index < -0.39 is 23.3 Å². The standard InChI is InChI=1S/C25H22F3N3O4S/c26-25(27,28)18-6-3-8-20-21(18)29-24(36-20)31(10-4-9-30-11-13-34-14-12-30)22(32)17-15-16-5-1-2-7-19(16)35-23(17)33/h1-3,5-8,15H,4,9-14H2. The molecule has 4 aromatic rings. The van der Waals surface area contributed by atoms with E-state index >= 15 is 0 Å². The maximum Gasteiger partial charge on any atom is 0.418 e. The minimum Gasteiger partial charge on any atom is -0.422 e. The van der Waals surface area contributed by atoms with Crippen LogP contribution in [0.2, 0.25) is 0 Å². The number of morpholine rings is 1. The maximum absolute atomic E-state index is 13.6. The van der Waals surface area contributed by atoms with E-state index in [0.29, 0.717) is 41.8 Å². The van der Waals surface area contributed by atoms with Crippen molar-refractivity contribution in [2.75, 3.05) is 44.3 Å². The topological polar surface area (TPSA) is 75.9 Å². The largest absolute Gasteiger partial charge is 0.422 e. The van der Waals surface area contributed by atoms with E-state index in [2.05, 4.69) is 9.88 Å². The van der Waals surface area contributed by atoms with Gasteiger partial charge < -0.3 is 9.15 Å². The van der Waals surface area contributed by atoms with Crippen molar-refractivity contribution in [3.8, 4) is 0 Å². The number of aromatic nitrogens is 1. The summed E-state index contributed by atoms with van der Waals surface area (Å²) < 4.78 is 51.7. The zero-order valence-corrected chi connectivity index (χ0v) is 19.9. The first-order chi connectivity index (χ1) is 17.3. The Hall–Kier alpha value is -3.28. The summed E-state index contributed by atoms with van der Waals surface area (Å²) in [4.78, 5) is 34.0. The number of carbonyl (C=O) groups is 1. The number of amides is 1. The summed E-state index contributed by atoms with van der Waals surface area (Å²) >= 11 is 0.982. The smallest absolute Gasteiger partial charge is 0.418 e. The lowest BCUT2D eigenvalue weighted by Crippen LogP contribution is -2.40. The van der Waals surface area contributed by atoms with Crippen molar-refractivity contribution in [2.24, 2.45) is 0 Å². The van der Waals surface area contributed by atoms with E-state index in [-0.39, 0.29) is 22.8 Å². The molecule has 0 aliphatic carbocycles. The van der Waals surface area contributed by atoms with Crippen LogP contribution >= 0.6 is 11.3 Å². The first-order valence-electron chi connectivity index (χ1n) is 11.4. The number of rotatable bonds is 6. The Labute approximate surface area is 207 Å². The molecule has 2 aromatic heterocycles. The molecule has 2 aromatic carbocycles. The minimum atomic E-state index is -4.59. The highest BCUT2D eigenvalue weighted by Gasteiger charge is 2.34. The normalized spacial score (nSPS) is 15.0. The van der Waals surface area contributed by atoms with Crippen LogP contribution in [-0.4, -0.2) is 55.2 Å². The van der Waals surface area contributed by atoms with Gasteiger partial charge in [0.05, 0.1) is 29.0 Å². The highest BCUT2D eigenvalue weighted by atomic mass is 32.1. The molecular formula is C25H22F3N3O4S. The van der Waals surface area contributed by atoms with E-state index in [1.54, 1.807) is 24.3 Å². The number of benzene rings is 2. The monoisotopic (exact) mass is 517 g/mol. The molecule has 36 heavy (non-hydrogen) atoms. The van der Waals surface area contributed by atoms with Crippen LogP contribution in [0.1, 0.15) is 22.3 Å². The summed E-state index contributed by atoms with van der Waals surface area (Å²) in [5, 5.41) is 0.665. The van der Waals surface area contributed by atoms with Gasteiger partial charge in [0, 0.05) is 31.6 Å². The molecule has 1 amide bonds. The minimum absolute atomic E-state index is 0.0984. The molecule has 0 bridgehead atoms. The zero-order valence-electron chi connectivity index (χ0n) is 19.1. The molecule has 5 rings (SSSR count). The Morgan fingerprint density at radius 1 is 1.11 bits per heavy atom. The van der Waals surface area contributed by atoms with Crippen molar-refractivity contribution in [1.29, 1.82) is 0 Å². The predicted molar refractivity (Wildman–Crippen MR) is 131 cm³/mol. The molecule has 0 saturated carbocycles. The van der Waals surface area contributed by atoms with Gasteiger partial charge in [0.25, 0.3) is 5.91 Å². The highest BCUT2D eigenvalue weighted by Crippen LogP contribution is 2.38. The van der Waals surface area contributed by atoms with Crippen LogP contribution in [0.3, 0.4) is 0 Å². The molecule has 11 heteroatoms. The van der Waals surface area contributed by atoms with Gasteiger partial charge in [-0.1, -0.05) is 35.6 Å². The number of carbonyl (C=O) groups excluding carboxylic acids is 1. The average molecular weight is 518 g/mol. The van der Waals surface area contributed by atoms with Gasteiger partial charge in [0.2, 0.25) is 0 Å². The lowest BCUT2D eigenvalue weighted by atomic mass is 10.1. The molecule has 0 radical (unpaired) electrons. The lowest BCUT2D eigenvalue weighted by molar-refractivity contribution is -0.136. The third-order valence-corrected chi connectivity index (χ3v) is 7.06. The van der Waals surface area contributed by atoms with Crippen molar-refractivity contribution in [3.05, 3.63) is 70.1 Å². The third kappa shape index (κ3) is 4.99. The molecule has 188 valence electrons. The number of hydrogen-bond donors (Lipinski definition) is 0. The van der Waals surface area contributed by atoms with Gasteiger partial charge in [0.1, 0.15) is 11.1 Å². The first kappa shape index (κ1) is 24.4. The molecule has 3 heterocycles. The summed E-state index contributed by atoms with van der Waals surface area (Å²) in [6.07, 6.45) is -4.05. The third-order valence-electron chi connectivity index (χ3n) is 6.02. The summed E-state index contributed by atoms with van der Waals surface area (Å²) in [6, 6.07) is 12.1. The number of ether oxygens (including phenoxy) is 1. The molecule has 1 aliphatic heterocycles. The summed E-state index contributed by atoms with van der Waals surface area (Å²) in [6.45, 7) is 3.61. The highest BCUT2D eigenvalue weighted by molar-refractivity contribution is 7.22. The van der Waals surface area contributed by atoms with Crippen molar-refractivity contribution < 1.29 is 27.1 Å². The predicted octanol–water partition coefficient (Wildman–Crippen LogP) is 4.79. The van der Waals surface area contributed by atoms with Crippen LogP contribution in [0.25, 0.3) is 21.2 Å². The van der Waals surface area contributed by atoms with E-state index in [4.69, 9.17) is 9.15 Å². The van der Waals surface area contributed by atoms with Gasteiger partial charge in [-0.25, -0.2) is 9.78 Å². The average Bonchev–Trinajstić information content (AvgIpc) is 3.30. The Morgan fingerprint density at radius 3 is 2.67 bits per heavy atom. The number of anilines is 1. The molecule has 7 nitrogen and oxygen atoms in total. The van der Waals surface area contributed by atoms with Crippen molar-refractivity contribution in [3.63, 3.8) is 0 Å². The van der Waals surface area contributed by atoms with E-state index in [0.717, 1.165) is 30.5 Å². The summed E-state index contributed by atoms with van der Waals surface area (Å²) in [5.74, 6) is -0.663. The number of hydrogen-bond acceptors (Lipinski definition) is 7. The lowest BCUT2D eigenvalue weighted by Gasteiger charge is -2.27. The van der Waals surface area contributed by atoms with E-state index in [1.807, 2.05) is 0 Å². The molecule has 1 fully saturated rings. The molecule has 0 N–H and O–H groups in total. The molecule has 0 spiro atoms. The van der Waals surface area contributed by atoms with Gasteiger partial charge in [-0.05, 0) is 30.7 Å². The second-order valence-corrected chi connectivity index (χ2v) is 9.41. The quantitative estimate of drug-likeness (QED) is 0.343. The second kappa shape index (κ2) is 10.00. The van der Waals surface area contributed by atoms with Crippen LogP contribution in [0, 0.1) is 0 Å². The first-order valence-corrected chi connectivity index (χ1v) is 12.2. The van der Waals surface area contributed by atoms with Crippen LogP contribution in [0.15, 0.2) is 57.7 Å². The van der Waals surface area contributed by atoms with Gasteiger partial charge in [-0.3, -0.25) is 14.6 Å². The fourth-order valence-electron chi connectivity index (χ4n) is 4.20. The Kier molecular flexibility index (Phi) is 6.78. The Balaban J connectivity index is 1.51. The molecule has 1 saturated heterocycles. The molecule has 0 unspecified atom stereocenters. The van der Waals surface area contributed by atoms with Crippen LogP contribution in [-0.2, 0) is 10.9 Å². The Morgan fingerprint density at radius 2 is 1.89 bits per heavy atom. The van der Waals surface area contributed by atoms with Crippen molar-refractivity contribution in [2.45, 2.75) is 12.6 Å².